The highest BCUT2D eigenvalue weighted by molar-refractivity contribution is 5.99. The Bertz CT molecular complexity index is 1230. The number of aromatic nitrogens is 1. The number of carbonyl (C=O) groups excluding carboxylic acids is 1. The average Bonchev–Trinajstić information content (AvgIpc) is 3.02. The molecule has 0 aliphatic carbocycles. The van der Waals surface area contributed by atoms with Crippen LogP contribution in [0.15, 0.2) is 88.3 Å². The predicted molar refractivity (Wildman–Crippen MR) is 105 cm³/mol. The van der Waals surface area contributed by atoms with Crippen LogP contribution >= 0.6 is 0 Å². The maximum absolute atomic E-state index is 13.3. The number of hydrogen-bond donors (Lipinski definition) is 0. The van der Waals surface area contributed by atoms with E-state index in [-0.39, 0.29) is 17.1 Å². The van der Waals surface area contributed by atoms with Gasteiger partial charge in [-0.1, -0.05) is 42.5 Å². The Labute approximate surface area is 160 Å². The highest BCUT2D eigenvalue weighted by Crippen LogP contribution is 2.38. The summed E-state index contributed by atoms with van der Waals surface area (Å²) >= 11 is 0. The van der Waals surface area contributed by atoms with Crippen molar-refractivity contribution in [1.82, 2.24) is 9.88 Å². The van der Waals surface area contributed by atoms with Gasteiger partial charge in [-0.3, -0.25) is 14.6 Å². The summed E-state index contributed by atoms with van der Waals surface area (Å²) < 4.78 is 5.91. The maximum Gasteiger partial charge on any atom is 0.291 e. The summed E-state index contributed by atoms with van der Waals surface area (Å²) in [5.41, 5.74) is 2.50. The van der Waals surface area contributed by atoms with Gasteiger partial charge in [0.1, 0.15) is 5.58 Å². The first-order valence-electron chi connectivity index (χ1n) is 9.04. The minimum Gasteiger partial charge on any atom is -0.450 e. The Balaban J connectivity index is 1.74. The van der Waals surface area contributed by atoms with Crippen LogP contribution in [-0.4, -0.2) is 15.8 Å². The molecule has 5 heteroatoms. The number of pyridine rings is 1. The van der Waals surface area contributed by atoms with Crippen molar-refractivity contribution < 1.29 is 9.21 Å². The van der Waals surface area contributed by atoms with Crippen molar-refractivity contribution in [2.75, 3.05) is 0 Å². The number of para-hydroxylation sites is 1. The van der Waals surface area contributed by atoms with Crippen molar-refractivity contribution in [3.8, 4) is 0 Å². The van der Waals surface area contributed by atoms with Crippen LogP contribution in [0.2, 0.25) is 0 Å². The quantitative estimate of drug-likeness (QED) is 0.550. The Kier molecular flexibility index (Phi) is 3.79. The molecule has 136 valence electrons. The second-order valence-electron chi connectivity index (χ2n) is 6.77. The Morgan fingerprint density at radius 2 is 1.61 bits per heavy atom. The summed E-state index contributed by atoms with van der Waals surface area (Å²) in [7, 11) is 0. The van der Waals surface area contributed by atoms with E-state index in [9.17, 15) is 9.59 Å². The van der Waals surface area contributed by atoms with Crippen molar-refractivity contribution in [1.29, 1.82) is 0 Å². The summed E-state index contributed by atoms with van der Waals surface area (Å²) in [6, 6.07) is 19.9. The highest BCUT2D eigenvalue weighted by atomic mass is 16.3. The summed E-state index contributed by atoms with van der Waals surface area (Å²) in [5, 5.41) is 0.487. The van der Waals surface area contributed by atoms with Crippen LogP contribution < -0.4 is 5.43 Å². The summed E-state index contributed by atoms with van der Waals surface area (Å²) in [4.78, 5) is 32.3. The summed E-state index contributed by atoms with van der Waals surface area (Å²) in [6.07, 6.45) is 3.39. The van der Waals surface area contributed by atoms with Crippen LogP contribution in [0.3, 0.4) is 0 Å². The lowest BCUT2D eigenvalue weighted by Crippen LogP contribution is -2.29. The lowest BCUT2D eigenvalue weighted by atomic mass is 9.98. The molecule has 0 spiro atoms. The fourth-order valence-electron chi connectivity index (χ4n) is 3.80. The van der Waals surface area contributed by atoms with Crippen LogP contribution in [0.4, 0.5) is 0 Å². The van der Waals surface area contributed by atoms with Gasteiger partial charge in [0.15, 0.2) is 5.43 Å². The second-order valence-corrected chi connectivity index (χ2v) is 6.77. The zero-order valence-electron chi connectivity index (χ0n) is 14.9. The van der Waals surface area contributed by atoms with Gasteiger partial charge in [0.05, 0.1) is 17.0 Å². The molecule has 5 nitrogen and oxygen atoms in total. The van der Waals surface area contributed by atoms with Gasteiger partial charge in [-0.2, -0.15) is 0 Å². The molecule has 0 radical (unpaired) electrons. The van der Waals surface area contributed by atoms with Gasteiger partial charge in [0.25, 0.3) is 5.91 Å². The van der Waals surface area contributed by atoms with E-state index in [4.69, 9.17) is 4.42 Å². The fourth-order valence-corrected chi connectivity index (χ4v) is 3.80. The minimum absolute atomic E-state index is 0.131. The number of rotatable bonds is 3. The first-order valence-corrected chi connectivity index (χ1v) is 9.04. The van der Waals surface area contributed by atoms with Crippen LogP contribution in [-0.2, 0) is 6.54 Å². The van der Waals surface area contributed by atoms with E-state index < -0.39 is 6.04 Å². The number of benzene rings is 2. The lowest BCUT2D eigenvalue weighted by Gasteiger charge is -2.25. The molecule has 1 amide bonds. The fraction of sp³-hybridized carbons (Fsp3) is 0.0870. The number of carbonyl (C=O) groups is 1. The molecular weight excluding hydrogens is 352 g/mol. The molecule has 2 aromatic heterocycles. The average molecular weight is 368 g/mol. The van der Waals surface area contributed by atoms with Gasteiger partial charge in [0.2, 0.25) is 5.76 Å². The smallest absolute Gasteiger partial charge is 0.291 e. The zero-order valence-corrected chi connectivity index (χ0v) is 14.9. The third-order valence-corrected chi connectivity index (χ3v) is 5.09. The van der Waals surface area contributed by atoms with Gasteiger partial charge in [-0.15, -0.1) is 0 Å². The van der Waals surface area contributed by atoms with E-state index in [0.717, 1.165) is 11.1 Å². The SMILES string of the molecule is O=C1c2oc3ccccc3c(=O)c2[C@@H](c2ccccc2)N1Cc1ccncc1. The first kappa shape index (κ1) is 16.4. The molecule has 3 heterocycles. The van der Waals surface area contributed by atoms with Crippen molar-refractivity contribution in [2.45, 2.75) is 12.6 Å². The number of fused-ring (bicyclic) bond motifs is 2. The molecule has 28 heavy (non-hydrogen) atoms. The predicted octanol–water partition coefficient (Wildman–Crippen LogP) is 3.93. The van der Waals surface area contributed by atoms with E-state index in [1.54, 1.807) is 41.6 Å². The van der Waals surface area contributed by atoms with Crippen molar-refractivity contribution >= 4 is 16.9 Å². The van der Waals surface area contributed by atoms with Gasteiger partial charge >= 0.3 is 0 Å². The summed E-state index contributed by atoms with van der Waals surface area (Å²) in [5.74, 6) is -0.143. The maximum atomic E-state index is 13.3. The molecule has 5 rings (SSSR count). The van der Waals surface area contributed by atoms with Gasteiger partial charge < -0.3 is 9.32 Å². The molecule has 1 aliphatic heterocycles. The van der Waals surface area contributed by atoms with E-state index in [2.05, 4.69) is 4.98 Å². The lowest BCUT2D eigenvalue weighted by molar-refractivity contribution is 0.0714. The Morgan fingerprint density at radius 3 is 2.39 bits per heavy atom. The zero-order chi connectivity index (χ0) is 19.1. The van der Waals surface area contributed by atoms with Crippen molar-refractivity contribution in [3.63, 3.8) is 0 Å². The van der Waals surface area contributed by atoms with Crippen LogP contribution in [0.5, 0.6) is 0 Å². The molecule has 0 unspecified atom stereocenters. The summed E-state index contributed by atoms with van der Waals surface area (Å²) in [6.45, 7) is 0.362. The number of hydrogen-bond acceptors (Lipinski definition) is 4. The minimum atomic E-state index is -0.488. The third kappa shape index (κ3) is 2.52. The van der Waals surface area contributed by atoms with E-state index in [0.29, 0.717) is 23.1 Å². The first-order chi connectivity index (χ1) is 13.7. The van der Waals surface area contributed by atoms with Gasteiger partial charge in [0, 0.05) is 18.9 Å². The largest absolute Gasteiger partial charge is 0.450 e. The third-order valence-electron chi connectivity index (χ3n) is 5.09. The molecular formula is C23H16N2O3. The molecule has 0 bridgehead atoms. The van der Waals surface area contributed by atoms with Crippen LogP contribution in [0, 0.1) is 0 Å². The standard InChI is InChI=1S/C23H16N2O3/c26-21-17-8-4-5-9-18(17)28-22-19(21)20(16-6-2-1-3-7-16)25(23(22)27)14-15-10-12-24-13-11-15/h1-13,20H,14H2/t20-/m1/s1. The number of nitrogens with zero attached hydrogens (tertiary/aromatic N) is 2. The number of amides is 1. The molecule has 0 fully saturated rings. The molecule has 0 N–H and O–H groups in total. The molecule has 1 atom stereocenters. The second kappa shape index (κ2) is 6.46. The van der Waals surface area contributed by atoms with E-state index in [1.807, 2.05) is 42.5 Å². The molecule has 4 aromatic rings. The molecule has 0 saturated heterocycles. The van der Waals surface area contributed by atoms with Crippen molar-refractivity contribution in [2.24, 2.45) is 0 Å². The van der Waals surface area contributed by atoms with E-state index >= 15 is 0 Å². The molecule has 2 aromatic carbocycles. The van der Waals surface area contributed by atoms with Crippen LogP contribution in [0.1, 0.15) is 33.3 Å². The van der Waals surface area contributed by atoms with Gasteiger partial charge in [-0.05, 0) is 35.4 Å². The van der Waals surface area contributed by atoms with Gasteiger partial charge in [-0.25, -0.2) is 0 Å². The van der Waals surface area contributed by atoms with Crippen LogP contribution in [0.25, 0.3) is 11.0 Å². The highest BCUT2D eigenvalue weighted by Gasteiger charge is 2.42. The topological polar surface area (TPSA) is 63.4 Å². The monoisotopic (exact) mass is 368 g/mol. The Hall–Kier alpha value is -3.73. The van der Waals surface area contributed by atoms with E-state index in [1.165, 1.54) is 0 Å². The molecule has 0 saturated carbocycles. The Morgan fingerprint density at radius 1 is 0.893 bits per heavy atom. The normalized spacial score (nSPS) is 15.8. The molecule has 1 aliphatic rings. The van der Waals surface area contributed by atoms with Crippen molar-refractivity contribution in [3.05, 3.63) is 112 Å².